The maximum atomic E-state index is 14.9. The molecule has 12 atom stereocenters. The summed E-state index contributed by atoms with van der Waals surface area (Å²) in [6, 6.07) is -5.17. The van der Waals surface area contributed by atoms with Crippen LogP contribution in [0.5, 0.6) is 0 Å². The van der Waals surface area contributed by atoms with Gasteiger partial charge in [-0.3, -0.25) is 0 Å². The van der Waals surface area contributed by atoms with Crippen molar-refractivity contribution in [2.75, 3.05) is 26.7 Å². The second-order valence-corrected chi connectivity index (χ2v) is 10.9. The van der Waals surface area contributed by atoms with Crippen LogP contribution < -0.4 is 16.6 Å². The molecule has 12 unspecified atom stereocenters. The maximum absolute atomic E-state index is 14.9. The highest BCUT2D eigenvalue weighted by atomic mass is 19.2. The molecule has 0 radical (unpaired) electrons. The Balaban J connectivity index is 1.87. The van der Waals surface area contributed by atoms with Gasteiger partial charge in [0.1, 0.15) is 36.1 Å². The van der Waals surface area contributed by atoms with Crippen molar-refractivity contribution in [2.24, 2.45) is 0 Å². The second-order valence-electron chi connectivity index (χ2n) is 10.9. The van der Waals surface area contributed by atoms with Crippen LogP contribution in [-0.2, 0) is 18.9 Å². The zero-order valence-corrected chi connectivity index (χ0v) is 22.3. The van der Waals surface area contributed by atoms with Crippen LogP contribution in [0.3, 0.4) is 0 Å². The van der Waals surface area contributed by atoms with Crippen LogP contribution in [0.15, 0.2) is 0 Å². The minimum Gasteiger partial charge on any atom is -0.388 e. The number of aliphatic hydroxyl groups is 3. The van der Waals surface area contributed by atoms with E-state index in [-0.39, 0.29) is 37.5 Å². The number of hydrogen-bond donors (Lipinski definition) is 6. The molecule has 3 rings (SSSR count). The van der Waals surface area contributed by atoms with Crippen LogP contribution >= 0.6 is 0 Å². The van der Waals surface area contributed by atoms with Gasteiger partial charge in [0.15, 0.2) is 12.6 Å². The quantitative estimate of drug-likeness (QED) is 0.142. The van der Waals surface area contributed by atoms with Crippen LogP contribution in [0.25, 0.3) is 0 Å². The van der Waals surface area contributed by atoms with E-state index in [1.165, 1.54) is 30.5 Å². The second kappa shape index (κ2) is 13.4. The average molecular weight is 582 g/mol. The molecule has 2 saturated heterocycles. The Bertz CT molecular complexity index is 783. The van der Waals surface area contributed by atoms with E-state index in [1.54, 1.807) is 6.92 Å². The van der Waals surface area contributed by atoms with E-state index in [0.29, 0.717) is 5.12 Å². The molecule has 39 heavy (non-hydrogen) atoms. The fourth-order valence-corrected chi connectivity index (χ4v) is 5.64. The highest BCUT2D eigenvalue weighted by molar-refractivity contribution is 5.03. The molecule has 2 heterocycles. The normalized spacial score (nSPS) is 45.7. The Kier molecular flexibility index (Phi) is 11.3. The van der Waals surface area contributed by atoms with Gasteiger partial charge in [-0.1, -0.05) is 0 Å². The van der Waals surface area contributed by atoms with Crippen LogP contribution in [0.4, 0.5) is 22.4 Å². The number of rotatable bonds is 11. The van der Waals surface area contributed by atoms with Crippen LogP contribution in [-0.4, -0.2) is 125 Å². The van der Waals surface area contributed by atoms with Crippen molar-refractivity contribution in [2.45, 2.75) is 112 Å². The summed E-state index contributed by atoms with van der Waals surface area (Å²) < 4.78 is 92.3. The molecule has 0 aromatic heterocycles. The molecule has 12 nitrogen and oxygen atoms in total. The van der Waals surface area contributed by atoms with Gasteiger partial charge in [0.05, 0.1) is 36.9 Å². The standard InChI is InChI=1S/C22H40F5N5O7/c1-5-32(27)13-8-12(30-25)16(37-19-11(29-24)6-7-21(2,39-19)9-28-23)14(33)17(13)38-20-15(34)18(31(4)26)22(3,35)10-36-20/h11-20,28-30,33-35H,5-10H2,1-4H3. The van der Waals surface area contributed by atoms with Crippen molar-refractivity contribution in [1.82, 2.24) is 26.9 Å². The Morgan fingerprint density at radius 1 is 1.00 bits per heavy atom. The molecule has 6 N–H and O–H groups in total. The fourth-order valence-electron chi connectivity index (χ4n) is 5.64. The molecule has 0 spiro atoms. The van der Waals surface area contributed by atoms with Gasteiger partial charge in [-0.25, -0.2) is 0 Å². The van der Waals surface area contributed by atoms with Crippen LogP contribution in [0, 0.1) is 0 Å². The third-order valence-corrected chi connectivity index (χ3v) is 7.79. The lowest BCUT2D eigenvalue weighted by Gasteiger charge is -2.50. The molecule has 17 heteroatoms. The van der Waals surface area contributed by atoms with Gasteiger partial charge in [0, 0.05) is 13.6 Å². The van der Waals surface area contributed by atoms with Crippen molar-refractivity contribution in [3.05, 3.63) is 0 Å². The SMILES string of the molecule is CCN(F)C1CC(NF)C(OC2OC(C)(CNF)CCC2NF)C(O)C1OC1OCC(C)(O)C(N(C)F)C1O. The predicted molar refractivity (Wildman–Crippen MR) is 124 cm³/mol. The summed E-state index contributed by atoms with van der Waals surface area (Å²) in [4.78, 5) is 0. The minimum absolute atomic E-state index is 0.0919. The van der Waals surface area contributed by atoms with Crippen molar-refractivity contribution < 1.29 is 56.7 Å². The van der Waals surface area contributed by atoms with Gasteiger partial charge >= 0.3 is 0 Å². The molecule has 3 aliphatic rings. The zero-order valence-electron chi connectivity index (χ0n) is 22.3. The summed E-state index contributed by atoms with van der Waals surface area (Å²) in [5.41, 5.74) is 1.58. The summed E-state index contributed by atoms with van der Waals surface area (Å²) in [7, 11) is 0.983. The van der Waals surface area contributed by atoms with Gasteiger partial charge in [0.25, 0.3) is 0 Å². The van der Waals surface area contributed by atoms with E-state index in [1.807, 2.05) is 0 Å². The van der Waals surface area contributed by atoms with Crippen molar-refractivity contribution in [3.63, 3.8) is 0 Å². The summed E-state index contributed by atoms with van der Waals surface area (Å²) in [5, 5.41) is 32.9. The summed E-state index contributed by atoms with van der Waals surface area (Å²) in [5.74, 6) is 0. The number of halogens is 5. The highest BCUT2D eigenvalue weighted by Crippen LogP contribution is 2.37. The first-order valence-electron chi connectivity index (χ1n) is 12.9. The smallest absolute Gasteiger partial charge is 0.185 e. The van der Waals surface area contributed by atoms with E-state index in [2.05, 4.69) is 0 Å². The van der Waals surface area contributed by atoms with Crippen LogP contribution in [0.2, 0.25) is 0 Å². The zero-order chi connectivity index (χ0) is 29.1. The summed E-state index contributed by atoms with van der Waals surface area (Å²) in [6.07, 6.45) is -9.61. The first kappa shape index (κ1) is 32.7. The Hall–Kier alpha value is -0.830. The predicted octanol–water partition coefficient (Wildman–Crippen LogP) is -0.196. The molecular formula is C22H40F5N5O7. The number of aliphatic hydroxyl groups excluding tert-OH is 2. The molecule has 0 aromatic rings. The first-order chi connectivity index (χ1) is 18.3. The van der Waals surface area contributed by atoms with E-state index in [0.717, 1.165) is 7.05 Å². The topological polar surface area (TPSA) is 140 Å². The molecule has 0 aromatic carbocycles. The number of hydrogen-bond acceptors (Lipinski definition) is 12. The third-order valence-electron chi connectivity index (χ3n) is 7.79. The van der Waals surface area contributed by atoms with Gasteiger partial charge in [0.2, 0.25) is 0 Å². The Morgan fingerprint density at radius 3 is 2.21 bits per heavy atom. The number of likely N-dealkylation sites (N-methyl/N-ethyl adjacent to an activating group) is 2. The van der Waals surface area contributed by atoms with Crippen molar-refractivity contribution >= 4 is 0 Å². The number of nitrogens with one attached hydrogen (secondary N) is 3. The molecular weight excluding hydrogens is 541 g/mol. The summed E-state index contributed by atoms with van der Waals surface area (Å²) >= 11 is 0. The van der Waals surface area contributed by atoms with Crippen LogP contribution in [0.1, 0.15) is 40.0 Å². The lowest BCUT2D eigenvalue weighted by Crippen LogP contribution is -2.68. The van der Waals surface area contributed by atoms with E-state index < -0.39 is 79.0 Å². The van der Waals surface area contributed by atoms with Gasteiger partial charge in [-0.2, -0.15) is 16.6 Å². The van der Waals surface area contributed by atoms with Gasteiger partial charge in [-0.15, -0.1) is 32.7 Å². The highest BCUT2D eigenvalue weighted by Gasteiger charge is 2.55. The largest absolute Gasteiger partial charge is 0.388 e. The van der Waals surface area contributed by atoms with Gasteiger partial charge in [-0.05, 0) is 40.0 Å². The molecule has 3 fully saturated rings. The average Bonchev–Trinajstić information content (AvgIpc) is 2.87. The Morgan fingerprint density at radius 2 is 1.64 bits per heavy atom. The van der Waals surface area contributed by atoms with E-state index in [9.17, 15) is 37.7 Å². The van der Waals surface area contributed by atoms with Crippen molar-refractivity contribution in [3.8, 4) is 0 Å². The lowest BCUT2D eigenvalue weighted by molar-refractivity contribution is -0.336. The molecule has 2 aliphatic heterocycles. The molecule has 0 amide bonds. The minimum atomic E-state index is -1.81. The molecule has 0 bridgehead atoms. The molecule has 1 saturated carbocycles. The third kappa shape index (κ3) is 7.15. The number of ether oxygens (including phenoxy) is 4. The molecule has 230 valence electrons. The van der Waals surface area contributed by atoms with Crippen molar-refractivity contribution in [1.29, 1.82) is 0 Å². The first-order valence-corrected chi connectivity index (χ1v) is 12.9. The van der Waals surface area contributed by atoms with E-state index >= 15 is 0 Å². The summed E-state index contributed by atoms with van der Waals surface area (Å²) in [6.45, 7) is 3.37. The fraction of sp³-hybridized carbons (Fsp3) is 1.00. The monoisotopic (exact) mass is 581 g/mol. The van der Waals surface area contributed by atoms with Gasteiger partial charge < -0.3 is 34.3 Å². The number of nitrogens with zero attached hydrogens (tertiary/aromatic N) is 2. The molecule has 1 aliphatic carbocycles. The Labute approximate surface area is 223 Å². The maximum Gasteiger partial charge on any atom is 0.185 e. The lowest BCUT2D eigenvalue weighted by atomic mass is 9.83. The van der Waals surface area contributed by atoms with E-state index in [4.69, 9.17) is 18.9 Å².